The molecule has 0 fully saturated rings. The van der Waals surface area contributed by atoms with Gasteiger partial charge in [0.15, 0.2) is 0 Å². The molecule has 0 aromatic rings. The minimum atomic E-state index is -1.24. The predicted molar refractivity (Wildman–Crippen MR) is 59.8 cm³/mol. The van der Waals surface area contributed by atoms with Crippen LogP contribution < -0.4 is 16.8 Å². The molecule has 16 heavy (non-hydrogen) atoms. The van der Waals surface area contributed by atoms with Gasteiger partial charge in [0, 0.05) is 12.2 Å². The molecule has 8 heteroatoms. The van der Waals surface area contributed by atoms with Crippen LogP contribution in [0.2, 0.25) is 0 Å². The number of carbonyl (C=O) groups excluding carboxylic acids is 2. The minimum absolute atomic E-state index is 0.0598. The summed E-state index contributed by atoms with van der Waals surface area (Å²) in [6, 6.07) is -2.04. The summed E-state index contributed by atoms with van der Waals surface area (Å²) in [4.78, 5) is 32.5. The van der Waals surface area contributed by atoms with Gasteiger partial charge in [-0.2, -0.15) is 12.6 Å². The number of carboxylic acids is 1. The van der Waals surface area contributed by atoms with Crippen molar-refractivity contribution in [3.63, 3.8) is 0 Å². The van der Waals surface area contributed by atoms with E-state index in [2.05, 4.69) is 17.9 Å². The molecular weight excluding hydrogens is 234 g/mol. The Morgan fingerprint density at radius 2 is 1.94 bits per heavy atom. The van der Waals surface area contributed by atoms with Crippen molar-refractivity contribution in [1.82, 2.24) is 5.32 Å². The summed E-state index contributed by atoms with van der Waals surface area (Å²) in [5.41, 5.74) is 10.2. The summed E-state index contributed by atoms with van der Waals surface area (Å²) in [5.74, 6) is -2.37. The Morgan fingerprint density at radius 1 is 1.38 bits per heavy atom. The number of nitrogens with two attached hydrogens (primary N) is 2. The Labute approximate surface area is 98.0 Å². The summed E-state index contributed by atoms with van der Waals surface area (Å²) in [6.45, 7) is 0. The lowest BCUT2D eigenvalue weighted by atomic mass is 10.1. The first-order valence-corrected chi connectivity index (χ1v) is 5.19. The summed E-state index contributed by atoms with van der Waals surface area (Å²) < 4.78 is 0. The van der Waals surface area contributed by atoms with Crippen molar-refractivity contribution < 1.29 is 19.5 Å². The van der Waals surface area contributed by atoms with Gasteiger partial charge in [-0.05, 0) is 6.42 Å². The van der Waals surface area contributed by atoms with Gasteiger partial charge in [-0.3, -0.25) is 9.59 Å². The number of aliphatic carboxylic acids is 1. The maximum absolute atomic E-state index is 11.3. The molecule has 2 unspecified atom stereocenters. The van der Waals surface area contributed by atoms with E-state index in [-0.39, 0.29) is 18.6 Å². The number of primary amides is 1. The predicted octanol–water partition coefficient (Wildman–Crippen LogP) is -1.92. The fraction of sp³-hybridized carbons (Fsp3) is 0.625. The third-order valence-electron chi connectivity index (χ3n) is 1.83. The summed E-state index contributed by atoms with van der Waals surface area (Å²) >= 11 is 3.81. The van der Waals surface area contributed by atoms with Crippen molar-refractivity contribution in [3.8, 4) is 0 Å². The van der Waals surface area contributed by atoms with Crippen LogP contribution in [-0.4, -0.2) is 40.7 Å². The maximum atomic E-state index is 11.3. The number of carbonyl (C=O) groups is 3. The van der Waals surface area contributed by atoms with Crippen molar-refractivity contribution >= 4 is 30.4 Å². The van der Waals surface area contributed by atoms with Gasteiger partial charge >= 0.3 is 5.97 Å². The fourth-order valence-electron chi connectivity index (χ4n) is 0.906. The molecule has 0 radical (unpaired) electrons. The Balaban J connectivity index is 4.28. The summed E-state index contributed by atoms with van der Waals surface area (Å²) in [5, 5.41) is 11.0. The van der Waals surface area contributed by atoms with Gasteiger partial charge in [-0.1, -0.05) is 0 Å². The Morgan fingerprint density at radius 3 is 2.31 bits per heavy atom. The standard InChI is InChI=1S/C8H15N3O4S/c9-4(3-16)7(13)11-5(8(14)15)1-2-6(10)12/h4-5,16H,1-3,9H2,(H2,10,12)(H,11,13)(H,14,15). The first kappa shape index (κ1) is 14.7. The molecule has 7 nitrogen and oxygen atoms in total. The van der Waals surface area contributed by atoms with Gasteiger partial charge in [-0.15, -0.1) is 0 Å². The third-order valence-corrected chi connectivity index (χ3v) is 2.22. The smallest absolute Gasteiger partial charge is 0.326 e. The van der Waals surface area contributed by atoms with Crippen molar-refractivity contribution in [3.05, 3.63) is 0 Å². The Kier molecular flexibility index (Phi) is 6.50. The zero-order valence-electron chi connectivity index (χ0n) is 8.55. The molecular formula is C8H15N3O4S. The van der Waals surface area contributed by atoms with Gasteiger partial charge in [0.2, 0.25) is 11.8 Å². The first-order valence-electron chi connectivity index (χ1n) is 4.56. The molecule has 0 spiro atoms. The van der Waals surface area contributed by atoms with Crippen LogP contribution >= 0.6 is 12.6 Å². The van der Waals surface area contributed by atoms with Crippen LogP contribution in [-0.2, 0) is 14.4 Å². The maximum Gasteiger partial charge on any atom is 0.326 e. The number of nitrogens with one attached hydrogen (secondary N) is 1. The molecule has 0 saturated carbocycles. The lowest BCUT2D eigenvalue weighted by molar-refractivity contribution is -0.142. The van der Waals surface area contributed by atoms with Crippen LogP contribution in [0, 0.1) is 0 Å². The quantitative estimate of drug-likeness (QED) is 0.335. The van der Waals surface area contributed by atoms with E-state index in [1.165, 1.54) is 0 Å². The lowest BCUT2D eigenvalue weighted by Gasteiger charge is -2.16. The van der Waals surface area contributed by atoms with Crippen molar-refractivity contribution in [2.45, 2.75) is 24.9 Å². The fourth-order valence-corrected chi connectivity index (χ4v) is 1.07. The molecule has 92 valence electrons. The van der Waals surface area contributed by atoms with Gasteiger partial charge in [0.25, 0.3) is 0 Å². The normalized spacial score (nSPS) is 13.9. The van der Waals surface area contributed by atoms with Gasteiger partial charge in [-0.25, -0.2) is 4.79 Å². The highest BCUT2D eigenvalue weighted by molar-refractivity contribution is 7.80. The highest BCUT2D eigenvalue weighted by Gasteiger charge is 2.22. The topological polar surface area (TPSA) is 136 Å². The second-order valence-electron chi connectivity index (χ2n) is 3.19. The average Bonchev–Trinajstić information content (AvgIpc) is 2.21. The van der Waals surface area contributed by atoms with Gasteiger partial charge in [0.1, 0.15) is 6.04 Å². The number of amides is 2. The van der Waals surface area contributed by atoms with Crippen LogP contribution in [0.25, 0.3) is 0 Å². The van der Waals surface area contributed by atoms with E-state index in [4.69, 9.17) is 16.6 Å². The van der Waals surface area contributed by atoms with E-state index in [1.54, 1.807) is 0 Å². The molecule has 0 aliphatic carbocycles. The molecule has 0 aliphatic heterocycles. The van der Waals surface area contributed by atoms with Crippen LogP contribution in [0.4, 0.5) is 0 Å². The molecule has 0 aromatic carbocycles. The van der Waals surface area contributed by atoms with Gasteiger partial charge < -0.3 is 21.9 Å². The molecule has 0 bridgehead atoms. The highest BCUT2D eigenvalue weighted by atomic mass is 32.1. The summed E-state index contributed by atoms with van der Waals surface area (Å²) in [7, 11) is 0. The van der Waals surface area contributed by atoms with E-state index in [9.17, 15) is 14.4 Å². The van der Waals surface area contributed by atoms with Crippen LogP contribution in [0.5, 0.6) is 0 Å². The van der Waals surface area contributed by atoms with Gasteiger partial charge in [0.05, 0.1) is 6.04 Å². The molecule has 0 aliphatic rings. The zero-order valence-corrected chi connectivity index (χ0v) is 9.44. The molecule has 2 atom stereocenters. The second-order valence-corrected chi connectivity index (χ2v) is 3.56. The number of carboxylic acid groups (broad SMARTS) is 1. The highest BCUT2D eigenvalue weighted by Crippen LogP contribution is 1.98. The number of hydrogen-bond acceptors (Lipinski definition) is 5. The molecule has 0 aromatic heterocycles. The molecule has 0 heterocycles. The monoisotopic (exact) mass is 249 g/mol. The van der Waals surface area contributed by atoms with E-state index in [0.717, 1.165) is 0 Å². The molecule has 6 N–H and O–H groups in total. The molecule has 2 amide bonds. The van der Waals surface area contributed by atoms with Crippen molar-refractivity contribution in [2.75, 3.05) is 5.75 Å². The number of thiol groups is 1. The molecule has 0 rings (SSSR count). The van der Waals surface area contributed by atoms with E-state index < -0.39 is 29.9 Å². The number of rotatable bonds is 7. The van der Waals surface area contributed by atoms with E-state index in [1.807, 2.05) is 0 Å². The SMILES string of the molecule is NC(=O)CCC(NC(=O)C(N)CS)C(=O)O. The van der Waals surface area contributed by atoms with Crippen LogP contribution in [0.15, 0.2) is 0 Å². The first-order chi connectivity index (χ1) is 7.38. The van der Waals surface area contributed by atoms with Crippen LogP contribution in [0.3, 0.4) is 0 Å². The zero-order chi connectivity index (χ0) is 12.7. The Hall–Kier alpha value is -1.28. The van der Waals surface area contributed by atoms with E-state index in [0.29, 0.717) is 0 Å². The largest absolute Gasteiger partial charge is 0.480 e. The second kappa shape index (κ2) is 7.07. The average molecular weight is 249 g/mol. The minimum Gasteiger partial charge on any atom is -0.480 e. The Bertz CT molecular complexity index is 284. The van der Waals surface area contributed by atoms with Crippen LogP contribution in [0.1, 0.15) is 12.8 Å². The van der Waals surface area contributed by atoms with Crippen molar-refractivity contribution in [2.24, 2.45) is 11.5 Å². The third kappa shape index (κ3) is 5.56. The van der Waals surface area contributed by atoms with Crippen molar-refractivity contribution in [1.29, 1.82) is 0 Å². The number of hydrogen-bond donors (Lipinski definition) is 5. The molecule has 0 saturated heterocycles. The summed E-state index contributed by atoms with van der Waals surface area (Å²) in [6.07, 6.45) is -0.178. The van der Waals surface area contributed by atoms with E-state index >= 15 is 0 Å². The lowest BCUT2D eigenvalue weighted by Crippen LogP contribution is -2.49.